The summed E-state index contributed by atoms with van der Waals surface area (Å²) in [5.74, 6) is -0.250. The lowest BCUT2D eigenvalue weighted by molar-refractivity contribution is -0.126. The molecule has 0 saturated carbocycles. The number of hydrogen-bond acceptors (Lipinski definition) is 2. The number of para-hydroxylation sites is 1. The van der Waals surface area contributed by atoms with Crippen LogP contribution >= 0.6 is 0 Å². The third kappa shape index (κ3) is 9.40. The van der Waals surface area contributed by atoms with E-state index in [2.05, 4.69) is 29.7 Å². The van der Waals surface area contributed by atoms with Gasteiger partial charge in [-0.05, 0) is 35.6 Å². The molecule has 2 N–H and O–H groups in total. The van der Waals surface area contributed by atoms with E-state index < -0.39 is 6.04 Å². The summed E-state index contributed by atoms with van der Waals surface area (Å²) in [6.45, 7) is 2.20. The second kappa shape index (κ2) is 14.8. The normalized spacial score (nSPS) is 11.6. The molecule has 0 fully saturated rings. The predicted molar refractivity (Wildman–Crippen MR) is 144 cm³/mol. The van der Waals surface area contributed by atoms with Crippen LogP contribution in [0.4, 0.5) is 5.69 Å². The van der Waals surface area contributed by atoms with Crippen LogP contribution in [-0.2, 0) is 22.4 Å². The van der Waals surface area contributed by atoms with Crippen molar-refractivity contribution in [2.75, 3.05) is 5.32 Å². The zero-order chi connectivity index (χ0) is 24.7. The van der Waals surface area contributed by atoms with Crippen molar-refractivity contribution >= 4 is 17.5 Å². The first-order valence-electron chi connectivity index (χ1n) is 12.9. The number of carbonyl (C=O) groups excluding carboxylic acids is 2. The Labute approximate surface area is 210 Å². The smallest absolute Gasteiger partial charge is 0.247 e. The number of benzene rings is 3. The SMILES string of the molecule is CCCCCCCCC(=O)NC(Cc1ccccc1)C(=O)Nc1ccccc1Cc1ccccc1. The quantitative estimate of drug-likeness (QED) is 0.258. The standard InChI is InChI=1S/C31H38N2O2/c1-2-3-4-5-6-13-22-30(34)32-29(24-26-18-11-8-12-19-26)31(35)33-28-21-15-14-20-27(28)23-25-16-9-7-10-17-25/h7-12,14-21,29H,2-6,13,22-24H2,1H3,(H,32,34)(H,33,35). The van der Waals surface area contributed by atoms with Crippen LogP contribution in [0.5, 0.6) is 0 Å². The molecule has 0 aliphatic heterocycles. The zero-order valence-electron chi connectivity index (χ0n) is 20.8. The average molecular weight is 471 g/mol. The molecule has 0 saturated heterocycles. The first kappa shape index (κ1) is 26.2. The minimum Gasteiger partial charge on any atom is -0.344 e. The molecular formula is C31H38N2O2. The molecular weight excluding hydrogens is 432 g/mol. The summed E-state index contributed by atoms with van der Waals surface area (Å²) < 4.78 is 0. The Balaban J connectivity index is 1.65. The third-order valence-electron chi connectivity index (χ3n) is 6.20. The lowest BCUT2D eigenvalue weighted by atomic mass is 10.0. The minimum absolute atomic E-state index is 0.0610. The Hall–Kier alpha value is -3.40. The number of nitrogens with one attached hydrogen (secondary N) is 2. The highest BCUT2D eigenvalue weighted by atomic mass is 16.2. The fourth-order valence-electron chi connectivity index (χ4n) is 4.22. The zero-order valence-corrected chi connectivity index (χ0v) is 20.8. The van der Waals surface area contributed by atoms with Gasteiger partial charge in [0, 0.05) is 18.5 Å². The van der Waals surface area contributed by atoms with Crippen LogP contribution in [0, 0.1) is 0 Å². The van der Waals surface area contributed by atoms with Crippen LogP contribution < -0.4 is 10.6 Å². The summed E-state index contributed by atoms with van der Waals surface area (Å²) in [6.07, 6.45) is 8.39. The van der Waals surface area contributed by atoms with Gasteiger partial charge in [-0.25, -0.2) is 0 Å². The number of hydrogen-bond donors (Lipinski definition) is 2. The molecule has 4 heteroatoms. The van der Waals surface area contributed by atoms with Crippen molar-refractivity contribution in [2.24, 2.45) is 0 Å². The molecule has 0 radical (unpaired) electrons. The highest BCUT2D eigenvalue weighted by molar-refractivity contribution is 5.98. The van der Waals surface area contributed by atoms with Gasteiger partial charge in [0.05, 0.1) is 0 Å². The fraction of sp³-hybridized carbons (Fsp3) is 0.355. The van der Waals surface area contributed by atoms with Gasteiger partial charge in [0.15, 0.2) is 0 Å². The second-order valence-corrected chi connectivity index (χ2v) is 9.14. The lowest BCUT2D eigenvalue weighted by Crippen LogP contribution is -2.45. The van der Waals surface area contributed by atoms with E-state index in [9.17, 15) is 9.59 Å². The molecule has 3 rings (SSSR count). The summed E-state index contributed by atoms with van der Waals surface area (Å²) in [7, 11) is 0. The van der Waals surface area contributed by atoms with Crippen LogP contribution in [0.25, 0.3) is 0 Å². The van der Waals surface area contributed by atoms with Crippen molar-refractivity contribution in [2.45, 2.75) is 70.8 Å². The Morgan fingerprint density at radius 2 is 1.31 bits per heavy atom. The molecule has 184 valence electrons. The monoisotopic (exact) mass is 470 g/mol. The maximum absolute atomic E-state index is 13.4. The Morgan fingerprint density at radius 1 is 0.714 bits per heavy atom. The fourth-order valence-corrected chi connectivity index (χ4v) is 4.22. The van der Waals surface area contributed by atoms with E-state index in [0.717, 1.165) is 42.5 Å². The molecule has 2 amide bonds. The maximum atomic E-state index is 13.4. The van der Waals surface area contributed by atoms with Crippen LogP contribution in [0.2, 0.25) is 0 Å². The molecule has 0 spiro atoms. The number of unbranched alkanes of at least 4 members (excludes halogenated alkanes) is 5. The first-order valence-corrected chi connectivity index (χ1v) is 12.9. The van der Waals surface area contributed by atoms with E-state index in [1.54, 1.807) is 0 Å². The molecule has 0 aromatic heterocycles. The van der Waals surface area contributed by atoms with Gasteiger partial charge < -0.3 is 10.6 Å². The Morgan fingerprint density at radius 3 is 2.03 bits per heavy atom. The summed E-state index contributed by atoms with van der Waals surface area (Å²) in [5.41, 5.74) is 4.03. The van der Waals surface area contributed by atoms with Crippen LogP contribution in [0.1, 0.15) is 68.6 Å². The number of amides is 2. The van der Waals surface area contributed by atoms with Gasteiger partial charge in [0.25, 0.3) is 0 Å². The van der Waals surface area contributed by atoms with E-state index in [0.29, 0.717) is 12.8 Å². The van der Waals surface area contributed by atoms with Crippen molar-refractivity contribution in [3.05, 3.63) is 102 Å². The molecule has 0 aliphatic carbocycles. The summed E-state index contributed by atoms with van der Waals surface area (Å²) in [6, 6.07) is 27.3. The minimum atomic E-state index is -0.630. The summed E-state index contributed by atoms with van der Waals surface area (Å²) in [5, 5.41) is 6.10. The van der Waals surface area contributed by atoms with Crippen LogP contribution in [-0.4, -0.2) is 17.9 Å². The molecule has 0 heterocycles. The van der Waals surface area contributed by atoms with Gasteiger partial charge in [-0.2, -0.15) is 0 Å². The number of carbonyl (C=O) groups is 2. The van der Waals surface area contributed by atoms with E-state index in [1.807, 2.05) is 72.8 Å². The molecule has 0 aliphatic rings. The van der Waals surface area contributed by atoms with Gasteiger partial charge in [0.2, 0.25) is 11.8 Å². The first-order chi connectivity index (χ1) is 17.2. The lowest BCUT2D eigenvalue weighted by Gasteiger charge is -2.20. The van der Waals surface area contributed by atoms with Crippen LogP contribution in [0.15, 0.2) is 84.9 Å². The second-order valence-electron chi connectivity index (χ2n) is 9.14. The number of anilines is 1. The molecule has 35 heavy (non-hydrogen) atoms. The molecule has 3 aromatic rings. The Bertz CT molecular complexity index is 1030. The molecule has 1 atom stereocenters. The molecule has 1 unspecified atom stereocenters. The van der Waals surface area contributed by atoms with Crippen molar-refractivity contribution < 1.29 is 9.59 Å². The van der Waals surface area contributed by atoms with Gasteiger partial charge in [0.1, 0.15) is 6.04 Å². The highest BCUT2D eigenvalue weighted by Gasteiger charge is 2.22. The van der Waals surface area contributed by atoms with Gasteiger partial charge >= 0.3 is 0 Å². The van der Waals surface area contributed by atoms with Gasteiger partial charge in [-0.1, -0.05) is 118 Å². The van der Waals surface area contributed by atoms with E-state index >= 15 is 0 Å². The van der Waals surface area contributed by atoms with E-state index in [4.69, 9.17) is 0 Å². The van der Waals surface area contributed by atoms with Crippen molar-refractivity contribution in [3.8, 4) is 0 Å². The topological polar surface area (TPSA) is 58.2 Å². The third-order valence-corrected chi connectivity index (χ3v) is 6.20. The van der Waals surface area contributed by atoms with E-state index in [-0.39, 0.29) is 11.8 Å². The predicted octanol–water partition coefficient (Wildman–Crippen LogP) is 6.69. The highest BCUT2D eigenvalue weighted by Crippen LogP contribution is 2.20. The molecule has 0 bridgehead atoms. The van der Waals surface area contributed by atoms with Gasteiger partial charge in [-0.3, -0.25) is 9.59 Å². The molecule has 3 aromatic carbocycles. The maximum Gasteiger partial charge on any atom is 0.247 e. The number of rotatable bonds is 14. The van der Waals surface area contributed by atoms with Crippen molar-refractivity contribution in [1.82, 2.24) is 5.32 Å². The largest absolute Gasteiger partial charge is 0.344 e. The average Bonchev–Trinajstić information content (AvgIpc) is 2.88. The van der Waals surface area contributed by atoms with Gasteiger partial charge in [-0.15, -0.1) is 0 Å². The molecule has 4 nitrogen and oxygen atoms in total. The van der Waals surface area contributed by atoms with Crippen LogP contribution in [0.3, 0.4) is 0 Å². The summed E-state index contributed by atoms with van der Waals surface area (Å²) in [4.78, 5) is 26.1. The Kier molecular flexibility index (Phi) is 11.1. The van der Waals surface area contributed by atoms with Crippen molar-refractivity contribution in [3.63, 3.8) is 0 Å². The van der Waals surface area contributed by atoms with Crippen molar-refractivity contribution in [1.29, 1.82) is 0 Å². The summed E-state index contributed by atoms with van der Waals surface area (Å²) >= 11 is 0. The van der Waals surface area contributed by atoms with E-state index in [1.165, 1.54) is 24.8 Å².